The van der Waals surface area contributed by atoms with Crippen molar-refractivity contribution in [2.75, 3.05) is 19.6 Å². The lowest BCUT2D eigenvalue weighted by Crippen LogP contribution is -2.39. The van der Waals surface area contributed by atoms with Crippen molar-refractivity contribution in [3.8, 4) is 5.75 Å². The van der Waals surface area contributed by atoms with Crippen LogP contribution in [0.3, 0.4) is 0 Å². The summed E-state index contributed by atoms with van der Waals surface area (Å²) in [6.07, 6.45) is 6.24. The quantitative estimate of drug-likeness (QED) is 0.303. The molecule has 0 bridgehead atoms. The van der Waals surface area contributed by atoms with Gasteiger partial charge < -0.3 is 10.1 Å². The number of allylic oxidation sites excluding steroid dienone is 2. The topological polar surface area (TPSA) is 113 Å². The van der Waals surface area contributed by atoms with Gasteiger partial charge in [0.2, 0.25) is 17.7 Å². The van der Waals surface area contributed by atoms with E-state index >= 15 is 0 Å². The number of likely N-dealkylation sites (tertiary alicyclic amines) is 1. The molecule has 0 saturated carbocycles. The molecule has 4 rings (SSSR count). The first kappa shape index (κ1) is 25.5. The molecule has 3 aliphatic rings. The van der Waals surface area contributed by atoms with Crippen LogP contribution in [-0.2, 0) is 19.2 Å². The molecule has 0 aromatic heterocycles. The third kappa shape index (κ3) is 5.64. The van der Waals surface area contributed by atoms with Gasteiger partial charge in [0.15, 0.2) is 0 Å². The number of thioether (sulfide) groups is 1. The number of alkyl halides is 2. The predicted octanol–water partition coefficient (Wildman–Crippen LogP) is 2.78. The summed E-state index contributed by atoms with van der Waals surface area (Å²) < 4.78 is 28.8. The fourth-order valence-corrected chi connectivity index (χ4v) is 5.15. The monoisotopic (exact) mass is 519 g/mol. The Morgan fingerprint density at radius 2 is 1.67 bits per heavy atom. The second-order valence-corrected chi connectivity index (χ2v) is 9.36. The highest BCUT2D eigenvalue weighted by Gasteiger charge is 2.46. The molecule has 9 nitrogen and oxygen atoms in total. The van der Waals surface area contributed by atoms with Crippen LogP contribution in [0.25, 0.3) is 6.08 Å². The van der Waals surface area contributed by atoms with Crippen LogP contribution in [0.2, 0.25) is 0 Å². The normalized spacial score (nSPS) is 22.7. The van der Waals surface area contributed by atoms with Crippen LogP contribution in [0.5, 0.6) is 5.75 Å². The maximum absolute atomic E-state index is 12.6. The minimum absolute atomic E-state index is 0.0119. The Balaban J connectivity index is 1.23. The van der Waals surface area contributed by atoms with E-state index in [1.54, 1.807) is 0 Å². The van der Waals surface area contributed by atoms with Crippen molar-refractivity contribution in [3.05, 3.63) is 46.9 Å². The number of carbonyl (C=O) groups excluding carboxylic acids is 5. The first-order chi connectivity index (χ1) is 17.2. The number of hydrogen-bond donors (Lipinski definition) is 1. The second-order valence-electron chi connectivity index (χ2n) is 8.36. The molecule has 36 heavy (non-hydrogen) atoms. The SMILES string of the molecule is O=C(CCN1C(=O)C2CC=CCC2C1=O)NCCN1C(=O)S/C(=C/c2ccc(OC(F)F)cc2)C1=O. The van der Waals surface area contributed by atoms with Crippen molar-refractivity contribution < 1.29 is 37.5 Å². The number of hydrogen-bond acceptors (Lipinski definition) is 7. The molecule has 0 spiro atoms. The summed E-state index contributed by atoms with van der Waals surface area (Å²) in [4.78, 5) is 64.3. The van der Waals surface area contributed by atoms with Crippen molar-refractivity contribution in [3.63, 3.8) is 0 Å². The fraction of sp³-hybridized carbons (Fsp3) is 0.375. The zero-order valence-corrected chi connectivity index (χ0v) is 19.8. The van der Waals surface area contributed by atoms with Gasteiger partial charge in [-0.05, 0) is 48.4 Å². The molecule has 1 aliphatic carbocycles. The Morgan fingerprint density at radius 3 is 2.28 bits per heavy atom. The molecule has 1 aromatic rings. The predicted molar refractivity (Wildman–Crippen MR) is 125 cm³/mol. The number of nitrogens with zero attached hydrogens (tertiary/aromatic N) is 2. The highest BCUT2D eigenvalue weighted by molar-refractivity contribution is 8.18. The van der Waals surface area contributed by atoms with Gasteiger partial charge in [-0.15, -0.1) is 0 Å². The van der Waals surface area contributed by atoms with Gasteiger partial charge in [-0.3, -0.25) is 33.8 Å². The van der Waals surface area contributed by atoms with Crippen molar-refractivity contribution in [1.29, 1.82) is 0 Å². The smallest absolute Gasteiger partial charge is 0.387 e. The van der Waals surface area contributed by atoms with Crippen molar-refractivity contribution in [1.82, 2.24) is 15.1 Å². The van der Waals surface area contributed by atoms with E-state index in [0.29, 0.717) is 18.4 Å². The van der Waals surface area contributed by atoms with Gasteiger partial charge in [-0.25, -0.2) is 0 Å². The zero-order chi connectivity index (χ0) is 25.8. The van der Waals surface area contributed by atoms with Crippen molar-refractivity contribution >= 4 is 46.7 Å². The van der Waals surface area contributed by atoms with Crippen LogP contribution in [0, 0.1) is 11.8 Å². The fourth-order valence-electron chi connectivity index (χ4n) is 4.29. The molecule has 12 heteroatoms. The van der Waals surface area contributed by atoms with Gasteiger partial charge in [0.05, 0.1) is 16.7 Å². The van der Waals surface area contributed by atoms with Crippen LogP contribution in [0.1, 0.15) is 24.8 Å². The molecule has 2 atom stereocenters. The van der Waals surface area contributed by atoms with E-state index in [9.17, 15) is 32.8 Å². The lowest BCUT2D eigenvalue weighted by atomic mass is 9.85. The van der Waals surface area contributed by atoms with E-state index in [-0.39, 0.29) is 60.4 Å². The lowest BCUT2D eigenvalue weighted by molar-refractivity contribution is -0.140. The van der Waals surface area contributed by atoms with E-state index in [2.05, 4.69) is 10.1 Å². The van der Waals surface area contributed by atoms with Gasteiger partial charge in [-0.2, -0.15) is 8.78 Å². The Hall–Kier alpha value is -3.54. The molecule has 2 unspecified atom stereocenters. The molecule has 2 fully saturated rings. The summed E-state index contributed by atoms with van der Waals surface area (Å²) in [5.41, 5.74) is 0.525. The van der Waals surface area contributed by atoms with E-state index in [1.807, 2.05) is 12.2 Å². The third-order valence-corrected chi connectivity index (χ3v) is 7.00. The zero-order valence-electron chi connectivity index (χ0n) is 19.0. The number of ether oxygens (including phenoxy) is 1. The minimum atomic E-state index is -2.94. The lowest BCUT2D eigenvalue weighted by Gasteiger charge is -2.15. The van der Waals surface area contributed by atoms with Gasteiger partial charge in [0, 0.05) is 26.1 Å². The molecule has 190 valence electrons. The molecular formula is C24H23F2N3O6S. The van der Waals surface area contributed by atoms with Gasteiger partial charge in [0.1, 0.15) is 5.75 Å². The van der Waals surface area contributed by atoms with Gasteiger partial charge >= 0.3 is 6.61 Å². The van der Waals surface area contributed by atoms with Crippen LogP contribution in [-0.4, -0.2) is 64.9 Å². The number of benzene rings is 1. The van der Waals surface area contributed by atoms with E-state index in [0.717, 1.165) is 21.6 Å². The summed E-state index contributed by atoms with van der Waals surface area (Å²) in [7, 11) is 0. The molecule has 2 aliphatic heterocycles. The van der Waals surface area contributed by atoms with E-state index < -0.39 is 23.7 Å². The molecule has 0 radical (unpaired) electrons. The largest absolute Gasteiger partial charge is 0.435 e. The van der Waals surface area contributed by atoms with Gasteiger partial charge in [-0.1, -0.05) is 24.3 Å². The van der Waals surface area contributed by atoms with Crippen LogP contribution in [0.15, 0.2) is 41.3 Å². The molecule has 1 aromatic carbocycles. The highest BCUT2D eigenvalue weighted by atomic mass is 32.2. The highest BCUT2D eigenvalue weighted by Crippen LogP contribution is 2.35. The van der Waals surface area contributed by atoms with Gasteiger partial charge in [0.25, 0.3) is 11.1 Å². The number of imide groups is 2. The van der Waals surface area contributed by atoms with Crippen molar-refractivity contribution in [2.45, 2.75) is 25.9 Å². The number of rotatable bonds is 9. The Kier molecular flexibility index (Phi) is 7.82. The standard InChI is InChI=1S/C24H23F2N3O6S/c25-23(26)35-15-7-5-14(6-8-15)13-18-22(33)29(24(34)36-18)12-10-27-19(30)9-11-28-20(31)16-3-1-2-4-17(16)21(28)32/h1-2,5-8,13,16-17,23H,3-4,9-12H2,(H,27,30)/b18-13+. The van der Waals surface area contributed by atoms with Crippen LogP contribution in [0.4, 0.5) is 13.6 Å². The van der Waals surface area contributed by atoms with Crippen LogP contribution >= 0.6 is 11.8 Å². The average Bonchev–Trinajstić information content (AvgIpc) is 3.25. The summed E-state index contributed by atoms with van der Waals surface area (Å²) in [5.74, 6) is -2.15. The number of carbonyl (C=O) groups is 5. The molecule has 1 N–H and O–H groups in total. The third-order valence-electron chi connectivity index (χ3n) is 6.10. The van der Waals surface area contributed by atoms with E-state index in [4.69, 9.17) is 0 Å². The Labute approximate surface area is 209 Å². The maximum atomic E-state index is 12.6. The maximum Gasteiger partial charge on any atom is 0.387 e. The molecule has 2 heterocycles. The summed E-state index contributed by atoms with van der Waals surface area (Å²) in [6, 6.07) is 5.61. The van der Waals surface area contributed by atoms with Crippen LogP contribution < -0.4 is 10.1 Å². The van der Waals surface area contributed by atoms with E-state index in [1.165, 1.54) is 30.3 Å². The number of fused-ring (bicyclic) bond motifs is 1. The molecule has 2 saturated heterocycles. The number of halogens is 2. The summed E-state index contributed by atoms with van der Waals surface area (Å²) in [5, 5.41) is 2.11. The first-order valence-corrected chi connectivity index (χ1v) is 12.1. The van der Waals surface area contributed by atoms with Crippen molar-refractivity contribution in [2.24, 2.45) is 11.8 Å². The summed E-state index contributed by atoms with van der Waals surface area (Å²) in [6.45, 7) is -2.99. The minimum Gasteiger partial charge on any atom is -0.435 e. The summed E-state index contributed by atoms with van der Waals surface area (Å²) >= 11 is 0.735. The first-order valence-electron chi connectivity index (χ1n) is 11.3. The number of amides is 5. The molecular weight excluding hydrogens is 496 g/mol. The number of nitrogens with one attached hydrogen (secondary N) is 1. The molecule has 5 amide bonds. The Morgan fingerprint density at radius 1 is 1.03 bits per heavy atom. The second kappa shape index (κ2) is 11.0. The average molecular weight is 520 g/mol. The Bertz CT molecular complexity index is 1110.